The van der Waals surface area contributed by atoms with Crippen molar-refractivity contribution in [1.82, 2.24) is 40.2 Å². The Labute approximate surface area is 374 Å². The first-order chi connectivity index (χ1) is 31.2. The summed E-state index contributed by atoms with van der Waals surface area (Å²) in [6.45, 7) is 0.993. The predicted octanol–water partition coefficient (Wildman–Crippen LogP) is -4.27. The molecule has 3 rings (SSSR count). The molecule has 2 heterocycles. The minimum atomic E-state index is -1.19. The zero-order valence-electron chi connectivity index (χ0n) is 36.5. The fraction of sp³-hybridized carbons (Fsp3) is 0.650. The summed E-state index contributed by atoms with van der Waals surface area (Å²) in [4.78, 5) is 123. The predicted molar refractivity (Wildman–Crippen MR) is 231 cm³/mol. The lowest BCUT2D eigenvalue weighted by atomic mass is 9.96. The Hall–Kier alpha value is -5.70. The molecule has 0 saturated carbocycles. The standard InChI is InChI=1S/C40H62N10O15/c1-41-39(61)30(24-52)46-38(60)27(19-28-21-42-26-45-28)20-29(53)25-65-18-17-64-16-5-44-35-34(36(58)37(35)59)43-4-2-3-31(40(62)63)50-12-10-47(14-15-51)6-7-48(22-32(54)55)8-9-49(11-13-50)23-33(56)57/h15,21,26-27,30-31,43-44,52H,2-14,16-20,22-25H2,1H3,(H,41,61)(H,42,45)(H,46,60)(H,54,55)(H,56,57)(H,62,63)/t27-,30+,31?/m1/s1. The number of aromatic amines is 1. The molecule has 1 aromatic carbocycles. The van der Waals surface area contributed by atoms with E-state index in [1.54, 1.807) is 19.6 Å². The average Bonchev–Trinajstić information content (AvgIpc) is 3.79. The van der Waals surface area contributed by atoms with Crippen LogP contribution in [0.5, 0.6) is 0 Å². The van der Waals surface area contributed by atoms with Crippen molar-refractivity contribution in [3.8, 4) is 0 Å². The number of carboxylic acid groups (broad SMARTS) is 3. The Morgan fingerprint density at radius 2 is 1.40 bits per heavy atom. The molecule has 1 unspecified atom stereocenters. The van der Waals surface area contributed by atoms with Crippen molar-refractivity contribution in [3.63, 3.8) is 0 Å². The molecule has 9 N–H and O–H groups in total. The van der Waals surface area contributed by atoms with Gasteiger partial charge in [0.05, 0.1) is 58.3 Å². The number of carbonyl (C=O) groups excluding carboxylic acids is 4. The summed E-state index contributed by atoms with van der Waals surface area (Å²) in [5.41, 5.74) is -0.757. The van der Waals surface area contributed by atoms with E-state index in [0.717, 1.165) is 6.29 Å². The van der Waals surface area contributed by atoms with Crippen LogP contribution in [0.3, 0.4) is 0 Å². The van der Waals surface area contributed by atoms with E-state index in [2.05, 4.69) is 31.2 Å². The number of likely N-dealkylation sites (N-methyl/N-ethyl adjacent to an activating group) is 1. The molecule has 3 atom stereocenters. The lowest BCUT2D eigenvalue weighted by Crippen LogP contribution is -2.51. The molecular formula is C40H62N10O15. The van der Waals surface area contributed by atoms with Gasteiger partial charge in [-0.15, -0.1) is 0 Å². The molecule has 1 aliphatic rings. The Morgan fingerprint density at radius 3 is 1.95 bits per heavy atom. The van der Waals surface area contributed by atoms with Gasteiger partial charge in [-0.25, -0.2) is 4.98 Å². The van der Waals surface area contributed by atoms with E-state index in [9.17, 15) is 63.6 Å². The number of aliphatic hydroxyl groups excluding tert-OH is 1. The molecule has 1 saturated heterocycles. The number of nitrogens with zero attached hydrogens (tertiary/aromatic N) is 5. The van der Waals surface area contributed by atoms with Crippen LogP contribution in [0.2, 0.25) is 0 Å². The highest BCUT2D eigenvalue weighted by Gasteiger charge is 2.29. The SMILES string of the molecule is CNC(=O)[C@H](CO)NC(=O)[C@@H](CC(=O)COCCOCCNc1c(NCCCC(C(=O)O)N2CCN(CC=O)CCN(CC(=O)O)CCN(CC(=O)O)CC2)c(=O)c1=O)Cc1cnc[nH]1. The second kappa shape index (κ2) is 29.0. The minimum Gasteiger partial charge on any atom is -0.480 e. The van der Waals surface area contributed by atoms with Crippen molar-refractivity contribution in [3.05, 3.63) is 38.7 Å². The van der Waals surface area contributed by atoms with Gasteiger partial charge in [0, 0.05) is 97.2 Å². The number of aliphatic hydroxyl groups is 1. The third kappa shape index (κ3) is 19.1. The maximum absolute atomic E-state index is 12.9. The fourth-order valence-electron chi connectivity index (χ4n) is 7.12. The Kier molecular flexibility index (Phi) is 23.9. The highest BCUT2D eigenvalue weighted by Crippen LogP contribution is 2.16. The first-order valence-electron chi connectivity index (χ1n) is 21.3. The monoisotopic (exact) mass is 922 g/mol. The molecule has 2 aromatic rings. The van der Waals surface area contributed by atoms with Crippen LogP contribution in [0, 0.1) is 5.92 Å². The number of nitrogens with one attached hydrogen (secondary N) is 5. The van der Waals surface area contributed by atoms with E-state index in [1.165, 1.54) is 19.6 Å². The highest BCUT2D eigenvalue weighted by molar-refractivity contribution is 5.91. The van der Waals surface area contributed by atoms with Gasteiger partial charge in [0.2, 0.25) is 11.8 Å². The van der Waals surface area contributed by atoms with Crippen LogP contribution in [-0.2, 0) is 49.5 Å². The number of Topliss-reactive ketones (excluding diaryl/α,β-unsaturated/α-hetero) is 1. The topological polar surface area (TPSA) is 343 Å². The zero-order chi connectivity index (χ0) is 47.7. The van der Waals surface area contributed by atoms with Crippen molar-refractivity contribution in [2.75, 3.05) is 136 Å². The van der Waals surface area contributed by atoms with Gasteiger partial charge in [-0.2, -0.15) is 0 Å². The second-order valence-corrected chi connectivity index (χ2v) is 15.3. The van der Waals surface area contributed by atoms with E-state index in [1.807, 2.05) is 0 Å². The number of aromatic nitrogens is 2. The van der Waals surface area contributed by atoms with E-state index in [-0.39, 0.29) is 135 Å². The number of hydrogen-bond acceptors (Lipinski definition) is 19. The van der Waals surface area contributed by atoms with Crippen LogP contribution >= 0.6 is 0 Å². The molecule has 0 bridgehead atoms. The summed E-state index contributed by atoms with van der Waals surface area (Å²) in [5, 5.41) is 49.2. The molecule has 25 heteroatoms. The van der Waals surface area contributed by atoms with E-state index >= 15 is 0 Å². The fourth-order valence-corrected chi connectivity index (χ4v) is 7.12. The molecule has 0 radical (unpaired) electrons. The molecule has 25 nitrogen and oxygen atoms in total. The number of ether oxygens (including phenoxy) is 2. The van der Waals surface area contributed by atoms with Crippen LogP contribution in [0.4, 0.5) is 11.4 Å². The number of carboxylic acids is 3. The summed E-state index contributed by atoms with van der Waals surface area (Å²) in [6.07, 6.45) is 3.96. The van der Waals surface area contributed by atoms with Gasteiger partial charge < -0.3 is 60.9 Å². The number of amides is 2. The summed E-state index contributed by atoms with van der Waals surface area (Å²) in [6, 6.07) is -2.19. The number of imidazole rings is 1. The lowest BCUT2D eigenvalue weighted by molar-refractivity contribution is -0.144. The van der Waals surface area contributed by atoms with E-state index < -0.39 is 65.2 Å². The zero-order valence-corrected chi connectivity index (χ0v) is 36.5. The number of carbonyl (C=O) groups is 7. The summed E-state index contributed by atoms with van der Waals surface area (Å²) in [5.74, 6) is -5.71. The number of rotatable bonds is 30. The van der Waals surface area contributed by atoms with Crippen LogP contribution in [-0.4, -0.2) is 229 Å². The first-order valence-corrected chi connectivity index (χ1v) is 21.3. The summed E-state index contributed by atoms with van der Waals surface area (Å²) in [7, 11) is 1.36. The number of aldehydes is 1. The van der Waals surface area contributed by atoms with Crippen molar-refractivity contribution < 1.29 is 63.5 Å². The Morgan fingerprint density at radius 1 is 0.815 bits per heavy atom. The smallest absolute Gasteiger partial charge is 0.320 e. The molecule has 0 aliphatic carbocycles. The van der Waals surface area contributed by atoms with E-state index in [4.69, 9.17) is 9.47 Å². The Bertz CT molecular complexity index is 1910. The normalized spacial score (nSPS) is 16.3. The first kappa shape index (κ1) is 53.6. The number of anilines is 2. The van der Waals surface area contributed by atoms with Gasteiger partial charge in [0.15, 0.2) is 5.78 Å². The van der Waals surface area contributed by atoms with Crippen LogP contribution < -0.4 is 32.1 Å². The van der Waals surface area contributed by atoms with Gasteiger partial charge in [-0.05, 0) is 12.8 Å². The van der Waals surface area contributed by atoms with Gasteiger partial charge in [0.25, 0.3) is 10.9 Å². The van der Waals surface area contributed by atoms with Crippen molar-refractivity contribution in [1.29, 1.82) is 0 Å². The van der Waals surface area contributed by atoms with Crippen molar-refractivity contribution in [2.24, 2.45) is 5.92 Å². The molecule has 65 heavy (non-hydrogen) atoms. The van der Waals surface area contributed by atoms with Gasteiger partial charge in [-0.3, -0.25) is 58.0 Å². The van der Waals surface area contributed by atoms with Gasteiger partial charge in [0.1, 0.15) is 36.4 Å². The lowest BCUT2D eigenvalue weighted by Gasteiger charge is -2.35. The molecule has 1 aromatic heterocycles. The molecule has 2 amide bonds. The van der Waals surface area contributed by atoms with Gasteiger partial charge >= 0.3 is 17.9 Å². The van der Waals surface area contributed by atoms with Gasteiger partial charge in [-0.1, -0.05) is 0 Å². The van der Waals surface area contributed by atoms with Crippen LogP contribution in [0.25, 0.3) is 0 Å². The summed E-state index contributed by atoms with van der Waals surface area (Å²) < 4.78 is 10.9. The number of aliphatic carboxylic acids is 3. The maximum atomic E-state index is 12.9. The molecule has 0 spiro atoms. The molecule has 362 valence electrons. The van der Waals surface area contributed by atoms with Crippen molar-refractivity contribution >= 4 is 53.2 Å². The second-order valence-electron chi connectivity index (χ2n) is 15.3. The number of hydrogen-bond donors (Lipinski definition) is 9. The number of H-pyrrole nitrogens is 1. The van der Waals surface area contributed by atoms with Crippen LogP contribution in [0.15, 0.2) is 22.1 Å². The Balaban J connectivity index is 1.45. The number of ketones is 1. The average molecular weight is 923 g/mol. The van der Waals surface area contributed by atoms with E-state index in [0.29, 0.717) is 25.3 Å². The quantitative estimate of drug-likeness (QED) is 0.0203. The third-order valence-corrected chi connectivity index (χ3v) is 10.6. The molecule has 1 aliphatic heterocycles. The third-order valence-electron chi connectivity index (χ3n) is 10.6. The van der Waals surface area contributed by atoms with Crippen LogP contribution in [0.1, 0.15) is 25.0 Å². The summed E-state index contributed by atoms with van der Waals surface area (Å²) >= 11 is 0. The van der Waals surface area contributed by atoms with Crippen molar-refractivity contribution in [2.45, 2.75) is 37.8 Å². The molecular weight excluding hydrogens is 860 g/mol. The largest absolute Gasteiger partial charge is 0.480 e. The highest BCUT2D eigenvalue weighted by atomic mass is 16.5. The minimum absolute atomic E-state index is 0.0268. The maximum Gasteiger partial charge on any atom is 0.320 e. The molecule has 1 fully saturated rings.